The smallest absolute Gasteiger partial charge is 0.341 e. The van der Waals surface area contributed by atoms with Gasteiger partial charge in [-0.05, 0) is 50.0 Å². The van der Waals surface area contributed by atoms with Crippen LogP contribution in [0.1, 0.15) is 86.0 Å². The Balaban J connectivity index is 1.69. The first-order valence-electron chi connectivity index (χ1n) is 10.2. The number of thiophene rings is 1. The number of fused-ring (bicyclic) bond motifs is 1. The van der Waals surface area contributed by atoms with Crippen molar-refractivity contribution in [2.24, 2.45) is 11.8 Å². The van der Waals surface area contributed by atoms with E-state index in [0.29, 0.717) is 35.4 Å². The Kier molecular flexibility index (Phi) is 6.74. The molecule has 2 aliphatic carbocycles. The van der Waals surface area contributed by atoms with Crippen LogP contribution in [-0.2, 0) is 22.4 Å². The molecule has 1 aromatic rings. The topological polar surface area (TPSA) is 55.4 Å². The van der Waals surface area contributed by atoms with Gasteiger partial charge in [0.25, 0.3) is 0 Å². The number of hydrogen-bond acceptors (Lipinski definition) is 4. The van der Waals surface area contributed by atoms with Crippen molar-refractivity contribution in [1.29, 1.82) is 0 Å². The Morgan fingerprint density at radius 1 is 1.19 bits per heavy atom. The van der Waals surface area contributed by atoms with Crippen molar-refractivity contribution < 1.29 is 14.3 Å². The van der Waals surface area contributed by atoms with E-state index < -0.39 is 0 Å². The maximum Gasteiger partial charge on any atom is 0.341 e. The van der Waals surface area contributed by atoms with Crippen LogP contribution >= 0.6 is 11.3 Å². The normalized spacial score (nSPS) is 20.5. The fourth-order valence-corrected chi connectivity index (χ4v) is 5.67. The van der Waals surface area contributed by atoms with E-state index in [9.17, 15) is 9.59 Å². The SMILES string of the molecule is CCOC(=O)c1c(NC(=O)CCC2CCCCC2)sc2c1CCC(C)C2. The third-order valence-electron chi connectivity index (χ3n) is 5.75. The van der Waals surface area contributed by atoms with Crippen molar-refractivity contribution in [3.8, 4) is 0 Å². The molecule has 1 saturated carbocycles. The van der Waals surface area contributed by atoms with Crippen LogP contribution < -0.4 is 5.32 Å². The second-order valence-corrected chi connectivity index (χ2v) is 8.97. The molecule has 1 atom stereocenters. The summed E-state index contributed by atoms with van der Waals surface area (Å²) < 4.78 is 5.27. The quantitative estimate of drug-likeness (QED) is 0.680. The van der Waals surface area contributed by atoms with E-state index in [1.807, 2.05) is 6.92 Å². The Bertz CT molecular complexity index is 646. The first kappa shape index (κ1) is 19.4. The molecule has 144 valence electrons. The van der Waals surface area contributed by atoms with Crippen LogP contribution in [0.4, 0.5) is 5.00 Å². The largest absolute Gasteiger partial charge is 0.462 e. The minimum atomic E-state index is -0.290. The summed E-state index contributed by atoms with van der Waals surface area (Å²) in [6.07, 6.45) is 10.9. The molecular formula is C21H31NO3S. The Morgan fingerprint density at radius 3 is 2.69 bits per heavy atom. The van der Waals surface area contributed by atoms with Gasteiger partial charge >= 0.3 is 5.97 Å². The van der Waals surface area contributed by atoms with Crippen LogP contribution in [0.5, 0.6) is 0 Å². The minimum absolute atomic E-state index is 0.0350. The average Bonchev–Trinajstić information content (AvgIpc) is 2.98. The van der Waals surface area contributed by atoms with Crippen molar-refractivity contribution in [3.05, 3.63) is 16.0 Å². The van der Waals surface area contributed by atoms with Gasteiger partial charge in [-0.2, -0.15) is 0 Å². The molecule has 2 aliphatic rings. The number of nitrogens with one attached hydrogen (secondary N) is 1. The lowest BCUT2D eigenvalue weighted by atomic mass is 9.86. The van der Waals surface area contributed by atoms with Crippen molar-refractivity contribution in [2.45, 2.75) is 78.1 Å². The molecule has 0 saturated heterocycles. The van der Waals surface area contributed by atoms with E-state index in [1.165, 1.54) is 37.0 Å². The highest BCUT2D eigenvalue weighted by molar-refractivity contribution is 7.17. The highest BCUT2D eigenvalue weighted by Crippen LogP contribution is 2.40. The maximum absolute atomic E-state index is 12.5. The van der Waals surface area contributed by atoms with Crippen LogP contribution in [-0.4, -0.2) is 18.5 Å². The fourth-order valence-electron chi connectivity index (χ4n) is 4.26. The molecule has 1 unspecified atom stereocenters. The van der Waals surface area contributed by atoms with E-state index in [0.717, 1.165) is 31.2 Å². The summed E-state index contributed by atoms with van der Waals surface area (Å²) in [5, 5.41) is 3.75. The average molecular weight is 378 g/mol. The fraction of sp³-hybridized carbons (Fsp3) is 0.714. The van der Waals surface area contributed by atoms with E-state index in [2.05, 4.69) is 12.2 Å². The predicted octanol–water partition coefficient (Wildman–Crippen LogP) is 5.35. The summed E-state index contributed by atoms with van der Waals surface area (Å²) in [4.78, 5) is 26.3. The lowest BCUT2D eigenvalue weighted by Gasteiger charge is -2.21. The van der Waals surface area contributed by atoms with Crippen LogP contribution in [0, 0.1) is 11.8 Å². The predicted molar refractivity (Wildman–Crippen MR) is 106 cm³/mol. The van der Waals surface area contributed by atoms with Gasteiger partial charge in [-0.3, -0.25) is 4.79 Å². The van der Waals surface area contributed by atoms with Crippen LogP contribution in [0.2, 0.25) is 0 Å². The lowest BCUT2D eigenvalue weighted by molar-refractivity contribution is -0.116. The zero-order valence-corrected chi connectivity index (χ0v) is 16.9. The van der Waals surface area contributed by atoms with Crippen LogP contribution in [0.15, 0.2) is 0 Å². The molecule has 4 nitrogen and oxygen atoms in total. The number of hydrogen-bond donors (Lipinski definition) is 1. The van der Waals surface area contributed by atoms with E-state index >= 15 is 0 Å². The van der Waals surface area contributed by atoms with Crippen molar-refractivity contribution >= 4 is 28.2 Å². The van der Waals surface area contributed by atoms with Crippen molar-refractivity contribution in [3.63, 3.8) is 0 Å². The van der Waals surface area contributed by atoms with Gasteiger partial charge in [-0.1, -0.05) is 39.0 Å². The molecule has 0 radical (unpaired) electrons. The van der Waals surface area contributed by atoms with E-state index in [4.69, 9.17) is 4.74 Å². The first-order valence-corrected chi connectivity index (χ1v) is 11.0. The standard InChI is InChI=1S/C21H31NO3S/c1-3-25-21(24)19-16-11-9-14(2)13-17(16)26-20(19)22-18(23)12-10-15-7-5-4-6-8-15/h14-15H,3-13H2,1-2H3,(H,22,23). The summed E-state index contributed by atoms with van der Waals surface area (Å²) in [6, 6.07) is 0. The summed E-state index contributed by atoms with van der Waals surface area (Å²) in [6.45, 7) is 4.42. The molecule has 0 spiro atoms. The zero-order chi connectivity index (χ0) is 18.5. The number of amides is 1. The lowest BCUT2D eigenvalue weighted by Crippen LogP contribution is -2.17. The van der Waals surface area contributed by atoms with Crippen LogP contribution in [0.3, 0.4) is 0 Å². The van der Waals surface area contributed by atoms with Gasteiger partial charge in [-0.25, -0.2) is 4.79 Å². The molecular weight excluding hydrogens is 346 g/mol. The van der Waals surface area contributed by atoms with Gasteiger partial charge in [0.2, 0.25) is 5.91 Å². The minimum Gasteiger partial charge on any atom is -0.462 e. The molecule has 1 N–H and O–H groups in total. The number of rotatable bonds is 6. The van der Waals surface area contributed by atoms with Gasteiger partial charge < -0.3 is 10.1 Å². The molecule has 5 heteroatoms. The third-order valence-corrected chi connectivity index (χ3v) is 6.92. The second kappa shape index (κ2) is 9.03. The number of esters is 1. The summed E-state index contributed by atoms with van der Waals surface area (Å²) >= 11 is 1.58. The highest BCUT2D eigenvalue weighted by Gasteiger charge is 2.29. The summed E-state index contributed by atoms with van der Waals surface area (Å²) in [5.41, 5.74) is 1.72. The first-order chi connectivity index (χ1) is 12.6. The number of carbonyl (C=O) groups is 2. The number of carbonyl (C=O) groups excluding carboxylic acids is 2. The highest BCUT2D eigenvalue weighted by atomic mass is 32.1. The molecule has 3 rings (SSSR count). The van der Waals surface area contributed by atoms with Gasteiger partial charge in [0.05, 0.1) is 12.2 Å². The van der Waals surface area contributed by atoms with Gasteiger partial charge in [0.1, 0.15) is 5.00 Å². The van der Waals surface area contributed by atoms with Crippen molar-refractivity contribution in [1.82, 2.24) is 0 Å². The summed E-state index contributed by atoms with van der Waals surface area (Å²) in [5.74, 6) is 1.07. The van der Waals surface area contributed by atoms with Crippen LogP contribution in [0.25, 0.3) is 0 Å². The van der Waals surface area contributed by atoms with Crippen molar-refractivity contribution in [2.75, 3.05) is 11.9 Å². The summed E-state index contributed by atoms with van der Waals surface area (Å²) in [7, 11) is 0. The van der Waals surface area contributed by atoms with Gasteiger partial charge in [0, 0.05) is 11.3 Å². The molecule has 1 aromatic heterocycles. The Morgan fingerprint density at radius 2 is 1.96 bits per heavy atom. The molecule has 26 heavy (non-hydrogen) atoms. The third kappa shape index (κ3) is 4.67. The molecule has 0 bridgehead atoms. The number of anilines is 1. The Hall–Kier alpha value is -1.36. The van der Waals surface area contributed by atoms with Gasteiger partial charge in [-0.15, -0.1) is 11.3 Å². The number of ether oxygens (including phenoxy) is 1. The molecule has 1 fully saturated rings. The molecule has 0 aliphatic heterocycles. The Labute approximate surface area is 160 Å². The molecule has 0 aromatic carbocycles. The monoisotopic (exact) mass is 377 g/mol. The van der Waals surface area contributed by atoms with Gasteiger partial charge in [0.15, 0.2) is 0 Å². The molecule has 1 amide bonds. The van der Waals surface area contributed by atoms with E-state index in [1.54, 1.807) is 11.3 Å². The zero-order valence-electron chi connectivity index (χ0n) is 16.1. The second-order valence-electron chi connectivity index (χ2n) is 7.87. The maximum atomic E-state index is 12.5. The molecule has 1 heterocycles. The van der Waals surface area contributed by atoms with E-state index in [-0.39, 0.29) is 11.9 Å².